The van der Waals surface area contributed by atoms with E-state index >= 15 is 0 Å². The number of carbonyl (C=O) groups is 1. The molecule has 9 N–H and O–H groups in total. The summed E-state index contributed by atoms with van der Waals surface area (Å²) >= 11 is 0. The first kappa shape index (κ1) is 27.6. The molecule has 42 heavy (non-hydrogen) atoms. The van der Waals surface area contributed by atoms with Crippen LogP contribution in [-0.4, -0.2) is 86.6 Å². The van der Waals surface area contributed by atoms with Crippen LogP contribution < -0.4 is 31.9 Å². The minimum atomic E-state index is -0.905. The Kier molecular flexibility index (Phi) is 7.47. The largest absolute Gasteiger partial charge is 0.506 e. The fourth-order valence-electron chi connectivity index (χ4n) is 5.37. The molecule has 6 rings (SSSR count). The summed E-state index contributed by atoms with van der Waals surface area (Å²) in [5, 5.41) is 38.2. The van der Waals surface area contributed by atoms with Crippen LogP contribution in [0.4, 0.5) is 29.2 Å². The van der Waals surface area contributed by atoms with Gasteiger partial charge in [0.2, 0.25) is 17.8 Å². The van der Waals surface area contributed by atoms with Gasteiger partial charge in [-0.2, -0.15) is 15.0 Å². The molecule has 2 fully saturated rings. The first-order chi connectivity index (χ1) is 20.2. The van der Waals surface area contributed by atoms with Gasteiger partial charge in [0.1, 0.15) is 5.75 Å². The lowest BCUT2D eigenvalue weighted by atomic mass is 10.0. The fourth-order valence-corrected chi connectivity index (χ4v) is 5.37. The van der Waals surface area contributed by atoms with E-state index in [1.54, 1.807) is 47.4 Å². The number of anilines is 5. The molecule has 2 aliphatic rings. The minimum absolute atomic E-state index is 0.0704. The highest BCUT2D eigenvalue weighted by Crippen LogP contribution is 2.30. The van der Waals surface area contributed by atoms with Gasteiger partial charge in [0.25, 0.3) is 5.91 Å². The minimum Gasteiger partial charge on any atom is -0.506 e. The number of hydrogen-bond acceptors (Lipinski definition) is 12. The molecule has 0 bridgehead atoms. The SMILES string of the molecule is N[C@@H]1C[C@H](N)CN(c2nc(Nc3ccc(NC(=O)c4ccc5ccccc5c4O)cc3)nc(N3C[C@@H](O)[C@@H](O)C3)n2)C1. The summed E-state index contributed by atoms with van der Waals surface area (Å²) in [5.74, 6) is 0.460. The molecule has 2 saturated heterocycles. The van der Waals surface area contributed by atoms with E-state index in [0.29, 0.717) is 48.2 Å². The van der Waals surface area contributed by atoms with Crippen molar-refractivity contribution in [2.45, 2.75) is 30.7 Å². The summed E-state index contributed by atoms with van der Waals surface area (Å²) in [7, 11) is 0. The van der Waals surface area contributed by atoms with Crippen molar-refractivity contribution in [2.24, 2.45) is 11.5 Å². The number of β-amino-alcohol motifs (C(OH)–C–C–N with tert-alkyl or cyclic N) is 2. The molecule has 0 aliphatic carbocycles. The van der Waals surface area contributed by atoms with Gasteiger partial charge in [-0.15, -0.1) is 0 Å². The van der Waals surface area contributed by atoms with Crippen LogP contribution >= 0.6 is 0 Å². The first-order valence-corrected chi connectivity index (χ1v) is 13.8. The molecule has 4 atom stereocenters. The highest BCUT2D eigenvalue weighted by Gasteiger charge is 2.33. The van der Waals surface area contributed by atoms with Crippen LogP contribution in [0.5, 0.6) is 5.75 Å². The second-order valence-corrected chi connectivity index (χ2v) is 10.8. The maximum absolute atomic E-state index is 12.9. The van der Waals surface area contributed by atoms with E-state index in [1.807, 2.05) is 23.1 Å². The Balaban J connectivity index is 1.21. The van der Waals surface area contributed by atoms with Gasteiger partial charge in [-0.05, 0) is 42.1 Å². The Hall–Kier alpha value is -4.56. The summed E-state index contributed by atoms with van der Waals surface area (Å²) in [5.41, 5.74) is 13.8. The standard InChI is InChI=1S/C29H33N9O4/c30-17-11-18(31)13-37(12-17)28-34-27(35-29(36-28)38-14-23(39)24(40)15-38)33-20-8-6-19(7-9-20)32-26(42)22-10-5-16-3-1-2-4-21(16)25(22)41/h1-10,17-18,23-24,39-41H,11-15,30-31H2,(H,32,42)(H,33,34,35,36)/t17-,18+,23-,24+. The van der Waals surface area contributed by atoms with Gasteiger partial charge in [-0.25, -0.2) is 0 Å². The molecule has 3 aromatic carbocycles. The van der Waals surface area contributed by atoms with Crippen LogP contribution in [0.2, 0.25) is 0 Å². The highest BCUT2D eigenvalue weighted by atomic mass is 16.3. The van der Waals surface area contributed by atoms with Gasteiger partial charge < -0.3 is 47.2 Å². The van der Waals surface area contributed by atoms with Gasteiger partial charge in [0, 0.05) is 55.0 Å². The van der Waals surface area contributed by atoms with E-state index in [1.165, 1.54) is 0 Å². The number of carbonyl (C=O) groups excluding carboxylic acids is 1. The van der Waals surface area contributed by atoms with Crippen LogP contribution in [0.3, 0.4) is 0 Å². The summed E-state index contributed by atoms with van der Waals surface area (Å²) in [6.07, 6.45) is -1.11. The van der Waals surface area contributed by atoms with E-state index < -0.39 is 18.1 Å². The topological polar surface area (TPSA) is 199 Å². The number of hydrogen-bond donors (Lipinski definition) is 7. The lowest BCUT2D eigenvalue weighted by molar-refractivity contribution is 0.0572. The Morgan fingerprint density at radius 3 is 2.05 bits per heavy atom. The quantitative estimate of drug-likeness (QED) is 0.174. The second kappa shape index (κ2) is 11.4. The Morgan fingerprint density at radius 2 is 1.38 bits per heavy atom. The van der Waals surface area contributed by atoms with Crippen molar-refractivity contribution in [3.05, 3.63) is 66.2 Å². The van der Waals surface area contributed by atoms with E-state index in [9.17, 15) is 20.1 Å². The number of benzene rings is 3. The highest BCUT2D eigenvalue weighted by molar-refractivity contribution is 6.09. The molecule has 0 radical (unpaired) electrons. The number of aliphatic hydroxyl groups is 2. The van der Waals surface area contributed by atoms with Crippen LogP contribution in [0.1, 0.15) is 16.8 Å². The molecule has 0 saturated carbocycles. The van der Waals surface area contributed by atoms with Gasteiger partial charge in [0.15, 0.2) is 0 Å². The maximum atomic E-state index is 12.9. The summed E-state index contributed by atoms with van der Waals surface area (Å²) < 4.78 is 0. The monoisotopic (exact) mass is 571 g/mol. The first-order valence-electron chi connectivity index (χ1n) is 13.8. The molecule has 218 valence electrons. The summed E-state index contributed by atoms with van der Waals surface area (Å²) in [4.78, 5) is 30.3. The number of nitrogens with zero attached hydrogens (tertiary/aromatic N) is 5. The molecule has 13 heteroatoms. The van der Waals surface area contributed by atoms with Gasteiger partial charge in [-0.1, -0.05) is 30.3 Å². The third-order valence-electron chi connectivity index (χ3n) is 7.50. The fraction of sp³-hybridized carbons (Fsp3) is 0.310. The Morgan fingerprint density at radius 1 is 0.786 bits per heavy atom. The second-order valence-electron chi connectivity index (χ2n) is 10.8. The van der Waals surface area contributed by atoms with Gasteiger partial charge >= 0.3 is 0 Å². The lowest BCUT2D eigenvalue weighted by Crippen LogP contribution is -2.53. The van der Waals surface area contributed by atoms with Crippen LogP contribution in [0.25, 0.3) is 10.8 Å². The van der Waals surface area contributed by atoms with Gasteiger partial charge in [0.05, 0.1) is 17.8 Å². The zero-order valence-corrected chi connectivity index (χ0v) is 22.8. The molecular formula is C29H33N9O4. The average Bonchev–Trinajstić information content (AvgIpc) is 3.31. The van der Waals surface area contributed by atoms with Gasteiger partial charge in [-0.3, -0.25) is 4.79 Å². The number of nitrogens with two attached hydrogens (primary N) is 2. The molecule has 1 amide bonds. The molecule has 2 aliphatic heterocycles. The maximum Gasteiger partial charge on any atom is 0.259 e. The van der Waals surface area contributed by atoms with Crippen molar-refractivity contribution < 1.29 is 20.1 Å². The van der Waals surface area contributed by atoms with E-state index in [4.69, 9.17) is 11.5 Å². The predicted molar refractivity (Wildman–Crippen MR) is 160 cm³/mol. The number of fused-ring (bicyclic) bond motifs is 1. The van der Waals surface area contributed by atoms with E-state index in [-0.39, 0.29) is 42.4 Å². The van der Waals surface area contributed by atoms with Crippen molar-refractivity contribution in [1.82, 2.24) is 15.0 Å². The number of aromatic nitrogens is 3. The molecule has 3 heterocycles. The molecule has 1 aromatic heterocycles. The van der Waals surface area contributed by atoms with Crippen molar-refractivity contribution in [3.8, 4) is 5.75 Å². The summed E-state index contributed by atoms with van der Waals surface area (Å²) in [6.45, 7) is 1.43. The number of aromatic hydroxyl groups is 1. The number of phenolic OH excluding ortho intramolecular Hbond substituents is 1. The lowest BCUT2D eigenvalue weighted by Gasteiger charge is -2.35. The number of rotatable bonds is 6. The molecule has 0 unspecified atom stereocenters. The van der Waals surface area contributed by atoms with Crippen LogP contribution in [-0.2, 0) is 0 Å². The van der Waals surface area contributed by atoms with Crippen molar-refractivity contribution in [1.29, 1.82) is 0 Å². The normalized spacial score (nSPS) is 22.4. The third-order valence-corrected chi connectivity index (χ3v) is 7.50. The molecule has 4 aromatic rings. The molecular weight excluding hydrogens is 538 g/mol. The van der Waals surface area contributed by atoms with Crippen LogP contribution in [0, 0.1) is 0 Å². The van der Waals surface area contributed by atoms with Crippen LogP contribution in [0.15, 0.2) is 60.7 Å². The zero-order valence-electron chi connectivity index (χ0n) is 22.8. The van der Waals surface area contributed by atoms with Crippen molar-refractivity contribution >= 4 is 45.9 Å². The Bertz CT molecular complexity index is 1580. The zero-order chi connectivity index (χ0) is 29.4. The average molecular weight is 572 g/mol. The van der Waals surface area contributed by atoms with Crippen molar-refractivity contribution in [3.63, 3.8) is 0 Å². The van der Waals surface area contributed by atoms with E-state index in [2.05, 4.69) is 25.6 Å². The van der Waals surface area contributed by atoms with Crippen molar-refractivity contribution in [2.75, 3.05) is 46.6 Å². The number of piperidine rings is 1. The molecule has 0 spiro atoms. The molecule has 13 nitrogen and oxygen atoms in total. The van der Waals surface area contributed by atoms with E-state index in [0.717, 1.165) is 5.39 Å². The third kappa shape index (κ3) is 5.76. The smallest absolute Gasteiger partial charge is 0.259 e. The Labute approximate surface area is 241 Å². The predicted octanol–water partition coefficient (Wildman–Crippen LogP) is 1.13. The number of phenols is 1. The number of nitrogens with one attached hydrogen (secondary N) is 2. The number of amides is 1. The summed E-state index contributed by atoms with van der Waals surface area (Å²) in [6, 6.07) is 17.4. The number of aliphatic hydroxyl groups excluding tert-OH is 2.